The van der Waals surface area contributed by atoms with Crippen LogP contribution in [0.2, 0.25) is 0 Å². The molecule has 2 rings (SSSR count). The van der Waals surface area contributed by atoms with Gasteiger partial charge in [0.15, 0.2) is 0 Å². The van der Waals surface area contributed by atoms with Gasteiger partial charge in [0, 0.05) is 5.39 Å². The van der Waals surface area contributed by atoms with E-state index in [2.05, 4.69) is 25.1 Å². The summed E-state index contributed by atoms with van der Waals surface area (Å²) in [4.78, 5) is 0. The van der Waals surface area contributed by atoms with Crippen molar-refractivity contribution in [1.29, 1.82) is 0 Å². The van der Waals surface area contributed by atoms with E-state index in [1.165, 1.54) is 10.8 Å². The van der Waals surface area contributed by atoms with Crippen molar-refractivity contribution in [2.45, 2.75) is 19.8 Å². The highest BCUT2D eigenvalue weighted by Gasteiger charge is 1.99. The van der Waals surface area contributed by atoms with Crippen molar-refractivity contribution in [2.75, 3.05) is 6.61 Å². The van der Waals surface area contributed by atoms with E-state index in [-0.39, 0.29) is 0 Å². The topological polar surface area (TPSA) is 9.23 Å². The fourth-order valence-corrected chi connectivity index (χ4v) is 1.58. The molecule has 0 N–H and O–H groups in total. The normalized spacial score (nSPS) is 10.5. The lowest BCUT2D eigenvalue weighted by atomic mass is 10.1. The first kappa shape index (κ1) is 10.0. The van der Waals surface area contributed by atoms with Crippen LogP contribution in [0.3, 0.4) is 0 Å². The molecule has 0 bridgehead atoms. The van der Waals surface area contributed by atoms with Crippen molar-refractivity contribution in [3.8, 4) is 5.75 Å². The summed E-state index contributed by atoms with van der Waals surface area (Å²) in [5.74, 6) is 0.946. The number of unbranched alkanes of at least 4 members (excludes halogenated alkanes) is 1. The lowest BCUT2D eigenvalue weighted by molar-refractivity contribution is 0.313. The van der Waals surface area contributed by atoms with Crippen LogP contribution in [0.4, 0.5) is 0 Å². The van der Waals surface area contributed by atoms with Crippen molar-refractivity contribution in [3.63, 3.8) is 0 Å². The third-order valence-corrected chi connectivity index (χ3v) is 2.43. The standard InChI is InChI=1S/C14H15O/c1-2-3-11-15-14-10-6-8-12-7-4-5-9-13(12)14/h4-5,7-10H,2-3,11H2,1H3. The van der Waals surface area contributed by atoms with Crippen LogP contribution in [0.5, 0.6) is 5.75 Å². The predicted octanol–water partition coefficient (Wildman–Crippen LogP) is 3.82. The quantitative estimate of drug-likeness (QED) is 0.680. The molecule has 2 aromatic carbocycles. The van der Waals surface area contributed by atoms with E-state index < -0.39 is 0 Å². The Morgan fingerprint density at radius 3 is 2.93 bits per heavy atom. The number of rotatable bonds is 4. The van der Waals surface area contributed by atoms with Gasteiger partial charge in [-0.05, 0) is 30.0 Å². The van der Waals surface area contributed by atoms with Crippen LogP contribution in [-0.4, -0.2) is 6.61 Å². The van der Waals surface area contributed by atoms with E-state index >= 15 is 0 Å². The van der Waals surface area contributed by atoms with Gasteiger partial charge in [-0.1, -0.05) is 37.6 Å². The summed E-state index contributed by atoms with van der Waals surface area (Å²) in [5, 5.41) is 2.36. The maximum absolute atomic E-state index is 5.73. The zero-order valence-electron chi connectivity index (χ0n) is 8.99. The minimum atomic E-state index is 0.790. The van der Waals surface area contributed by atoms with E-state index in [1.54, 1.807) is 0 Å². The third kappa shape index (κ3) is 2.30. The molecule has 0 aliphatic carbocycles. The second-order valence-electron chi connectivity index (χ2n) is 3.61. The Balaban J connectivity index is 2.26. The Labute approximate surface area is 90.7 Å². The fourth-order valence-electron chi connectivity index (χ4n) is 1.58. The van der Waals surface area contributed by atoms with Crippen LogP contribution in [0.1, 0.15) is 19.8 Å². The smallest absolute Gasteiger partial charge is 0.127 e. The van der Waals surface area contributed by atoms with Crippen molar-refractivity contribution < 1.29 is 4.74 Å². The minimum absolute atomic E-state index is 0.790. The van der Waals surface area contributed by atoms with Crippen LogP contribution < -0.4 is 4.74 Å². The highest BCUT2D eigenvalue weighted by molar-refractivity contribution is 5.87. The molecule has 2 aromatic rings. The summed E-state index contributed by atoms with van der Waals surface area (Å²) < 4.78 is 5.73. The summed E-state index contributed by atoms with van der Waals surface area (Å²) in [5.41, 5.74) is 0. The molecule has 0 aromatic heterocycles. The molecule has 0 heterocycles. The number of benzene rings is 2. The predicted molar refractivity (Wildman–Crippen MR) is 63.2 cm³/mol. The Morgan fingerprint density at radius 1 is 1.20 bits per heavy atom. The van der Waals surface area contributed by atoms with Gasteiger partial charge in [-0.25, -0.2) is 0 Å². The van der Waals surface area contributed by atoms with Gasteiger partial charge < -0.3 is 4.74 Å². The van der Waals surface area contributed by atoms with Gasteiger partial charge in [-0.3, -0.25) is 0 Å². The van der Waals surface area contributed by atoms with Crippen molar-refractivity contribution >= 4 is 10.8 Å². The van der Waals surface area contributed by atoms with E-state index in [0.29, 0.717) is 0 Å². The zero-order valence-corrected chi connectivity index (χ0v) is 8.99. The summed E-state index contributed by atoms with van der Waals surface area (Å²) in [6.07, 6.45) is 2.26. The van der Waals surface area contributed by atoms with E-state index in [0.717, 1.165) is 25.2 Å². The Bertz CT molecular complexity index is 429. The molecule has 0 amide bonds. The summed E-state index contributed by atoms with van der Waals surface area (Å²) in [6.45, 7) is 2.96. The second kappa shape index (κ2) is 4.83. The molecule has 0 aliphatic heterocycles. The number of ether oxygens (including phenoxy) is 1. The zero-order chi connectivity index (χ0) is 10.5. The molecule has 0 fully saturated rings. The lowest BCUT2D eigenvalue weighted by Gasteiger charge is -2.08. The van der Waals surface area contributed by atoms with Crippen molar-refractivity contribution in [1.82, 2.24) is 0 Å². The van der Waals surface area contributed by atoms with Gasteiger partial charge >= 0.3 is 0 Å². The lowest BCUT2D eigenvalue weighted by Crippen LogP contribution is -1.96. The first-order chi connectivity index (χ1) is 7.42. The molecule has 0 saturated heterocycles. The molecule has 15 heavy (non-hydrogen) atoms. The average molecular weight is 199 g/mol. The summed E-state index contributed by atoms with van der Waals surface area (Å²) in [6, 6.07) is 15.2. The average Bonchev–Trinajstić information content (AvgIpc) is 2.30. The van der Waals surface area contributed by atoms with E-state index in [1.807, 2.05) is 24.3 Å². The van der Waals surface area contributed by atoms with Crippen LogP contribution >= 0.6 is 0 Å². The molecule has 1 nitrogen and oxygen atoms in total. The first-order valence-electron chi connectivity index (χ1n) is 5.43. The first-order valence-corrected chi connectivity index (χ1v) is 5.43. The largest absolute Gasteiger partial charge is 0.493 e. The molecular weight excluding hydrogens is 184 g/mol. The highest BCUT2D eigenvalue weighted by atomic mass is 16.5. The van der Waals surface area contributed by atoms with Crippen LogP contribution in [0.25, 0.3) is 10.8 Å². The van der Waals surface area contributed by atoms with Crippen LogP contribution in [0, 0.1) is 6.07 Å². The molecule has 0 spiro atoms. The Morgan fingerprint density at radius 2 is 2.07 bits per heavy atom. The van der Waals surface area contributed by atoms with E-state index in [4.69, 9.17) is 4.74 Å². The van der Waals surface area contributed by atoms with Gasteiger partial charge in [-0.15, -0.1) is 0 Å². The third-order valence-electron chi connectivity index (χ3n) is 2.43. The van der Waals surface area contributed by atoms with Crippen LogP contribution in [0.15, 0.2) is 36.4 Å². The van der Waals surface area contributed by atoms with Gasteiger partial charge in [0.25, 0.3) is 0 Å². The maximum Gasteiger partial charge on any atom is 0.127 e. The highest BCUT2D eigenvalue weighted by Crippen LogP contribution is 2.24. The van der Waals surface area contributed by atoms with Crippen molar-refractivity contribution in [2.24, 2.45) is 0 Å². The van der Waals surface area contributed by atoms with Gasteiger partial charge in [0.2, 0.25) is 0 Å². The number of hydrogen-bond donors (Lipinski definition) is 0. The number of fused-ring (bicyclic) bond motifs is 1. The number of hydrogen-bond acceptors (Lipinski definition) is 1. The fraction of sp³-hybridized carbons (Fsp3) is 0.286. The molecule has 77 valence electrons. The van der Waals surface area contributed by atoms with Gasteiger partial charge in [0.1, 0.15) is 5.75 Å². The van der Waals surface area contributed by atoms with Gasteiger partial charge in [-0.2, -0.15) is 0 Å². The summed E-state index contributed by atoms with van der Waals surface area (Å²) in [7, 11) is 0. The molecule has 1 heteroatoms. The SMILES string of the molecule is CCCCOc1c[c]cc2ccccc12. The molecule has 0 aliphatic rings. The molecule has 0 atom stereocenters. The minimum Gasteiger partial charge on any atom is -0.493 e. The van der Waals surface area contributed by atoms with Crippen molar-refractivity contribution in [3.05, 3.63) is 42.5 Å². The molecule has 1 radical (unpaired) electrons. The molecule has 0 unspecified atom stereocenters. The molecular formula is C14H15O. The van der Waals surface area contributed by atoms with E-state index in [9.17, 15) is 0 Å². The maximum atomic E-state index is 5.73. The molecule has 0 saturated carbocycles. The Hall–Kier alpha value is -1.50. The van der Waals surface area contributed by atoms with Gasteiger partial charge in [0.05, 0.1) is 6.61 Å². The monoisotopic (exact) mass is 199 g/mol. The summed E-state index contributed by atoms with van der Waals surface area (Å²) >= 11 is 0. The second-order valence-corrected chi connectivity index (χ2v) is 3.61. The van der Waals surface area contributed by atoms with Crippen LogP contribution in [-0.2, 0) is 0 Å². The Kier molecular flexibility index (Phi) is 3.23.